The molecule has 1 fully saturated rings. The molecule has 1 aliphatic rings. The summed E-state index contributed by atoms with van der Waals surface area (Å²) < 4.78 is 5.30. The van der Waals surface area contributed by atoms with Crippen LogP contribution >= 0.6 is 11.6 Å². The molecule has 1 amide bonds. The quantitative estimate of drug-likeness (QED) is 0.613. The second-order valence-corrected chi connectivity index (χ2v) is 4.64. The summed E-state index contributed by atoms with van der Waals surface area (Å²) in [5, 5.41) is 0.405. The number of morpholine rings is 1. The van der Waals surface area contributed by atoms with Crippen LogP contribution in [0.5, 0.6) is 0 Å². The molecule has 0 saturated carbocycles. The minimum atomic E-state index is 0.405. The van der Waals surface area contributed by atoms with Gasteiger partial charge in [-0.25, -0.2) is 4.98 Å². The molecule has 2 heterocycles. The van der Waals surface area contributed by atoms with Crippen LogP contribution in [0.1, 0.15) is 12.5 Å². The second kappa shape index (κ2) is 6.16. The normalized spacial score (nSPS) is 15.4. The molecule has 0 aliphatic carbocycles. The Hall–Kier alpha value is -1.40. The lowest BCUT2D eigenvalue weighted by Crippen LogP contribution is -2.37. The van der Waals surface area contributed by atoms with Crippen molar-refractivity contribution in [2.24, 2.45) is 0 Å². The molecule has 1 saturated heterocycles. The first-order valence-electron chi connectivity index (χ1n) is 6.24. The van der Waals surface area contributed by atoms with Gasteiger partial charge in [0, 0.05) is 25.7 Å². The van der Waals surface area contributed by atoms with E-state index in [2.05, 4.69) is 9.97 Å². The predicted octanol–water partition coefficient (Wildman–Crippen LogP) is 1.12. The van der Waals surface area contributed by atoms with Crippen molar-refractivity contribution in [2.45, 2.75) is 13.3 Å². The summed E-state index contributed by atoms with van der Waals surface area (Å²) in [7, 11) is 1.66. The Bertz CT molecular complexity index is 463. The van der Waals surface area contributed by atoms with Gasteiger partial charge in [0.1, 0.15) is 11.0 Å². The Morgan fingerprint density at radius 1 is 1.42 bits per heavy atom. The van der Waals surface area contributed by atoms with E-state index >= 15 is 0 Å². The summed E-state index contributed by atoms with van der Waals surface area (Å²) in [5.74, 6) is 1.12. The molecular formula is C12H17ClN4O2. The third-order valence-electron chi connectivity index (χ3n) is 3.06. The minimum Gasteiger partial charge on any atom is -0.378 e. The molecule has 7 heteroatoms. The molecule has 0 bridgehead atoms. The smallest absolute Gasteiger partial charge is 0.228 e. The van der Waals surface area contributed by atoms with Gasteiger partial charge in [-0.1, -0.05) is 18.5 Å². The minimum absolute atomic E-state index is 0.405. The monoisotopic (exact) mass is 284 g/mol. The van der Waals surface area contributed by atoms with Crippen molar-refractivity contribution in [3.63, 3.8) is 0 Å². The molecule has 104 valence electrons. The number of ether oxygens (including phenoxy) is 1. The lowest BCUT2D eigenvalue weighted by Gasteiger charge is -2.28. The number of rotatable bonds is 4. The van der Waals surface area contributed by atoms with E-state index in [0.29, 0.717) is 36.6 Å². The molecule has 1 aromatic rings. The van der Waals surface area contributed by atoms with E-state index in [-0.39, 0.29) is 0 Å². The van der Waals surface area contributed by atoms with E-state index in [1.807, 2.05) is 11.8 Å². The topological polar surface area (TPSA) is 58.6 Å². The van der Waals surface area contributed by atoms with E-state index in [1.165, 1.54) is 4.90 Å². The zero-order valence-corrected chi connectivity index (χ0v) is 11.9. The van der Waals surface area contributed by atoms with Gasteiger partial charge in [-0.05, 0) is 6.42 Å². The number of anilines is 2. The maximum atomic E-state index is 11.0. The van der Waals surface area contributed by atoms with Crippen LogP contribution in [0.2, 0.25) is 5.15 Å². The Morgan fingerprint density at radius 3 is 2.68 bits per heavy atom. The molecule has 0 aromatic carbocycles. The summed E-state index contributed by atoms with van der Waals surface area (Å²) in [6.45, 7) is 4.71. The number of carbonyl (C=O) groups is 1. The van der Waals surface area contributed by atoms with Crippen molar-refractivity contribution in [2.75, 3.05) is 43.2 Å². The number of hydrogen-bond donors (Lipinski definition) is 0. The van der Waals surface area contributed by atoms with Crippen molar-refractivity contribution in [3.05, 3.63) is 10.7 Å². The predicted molar refractivity (Wildman–Crippen MR) is 73.9 cm³/mol. The lowest BCUT2D eigenvalue weighted by molar-refractivity contribution is -0.107. The fourth-order valence-corrected chi connectivity index (χ4v) is 2.28. The van der Waals surface area contributed by atoms with Crippen molar-refractivity contribution >= 4 is 29.8 Å². The Balaban J connectivity index is 2.40. The first kappa shape index (κ1) is 14.0. The van der Waals surface area contributed by atoms with Crippen molar-refractivity contribution in [3.8, 4) is 0 Å². The van der Waals surface area contributed by atoms with Gasteiger partial charge in [-0.15, -0.1) is 0 Å². The van der Waals surface area contributed by atoms with Gasteiger partial charge in [-0.2, -0.15) is 4.98 Å². The number of nitrogens with zero attached hydrogens (tertiary/aromatic N) is 4. The molecule has 19 heavy (non-hydrogen) atoms. The standard InChI is InChI=1S/C12H17ClN4O2/c1-3-9-10(13)14-12(15-11(9)16(2)8-18)17-4-6-19-7-5-17/h8H,3-7H2,1-2H3. The van der Waals surface area contributed by atoms with E-state index in [9.17, 15) is 4.79 Å². The molecule has 0 radical (unpaired) electrons. The van der Waals surface area contributed by atoms with Crippen LogP contribution in [0, 0.1) is 0 Å². The highest BCUT2D eigenvalue weighted by molar-refractivity contribution is 6.30. The van der Waals surface area contributed by atoms with E-state index in [4.69, 9.17) is 16.3 Å². The fraction of sp³-hybridized carbons (Fsp3) is 0.583. The maximum Gasteiger partial charge on any atom is 0.228 e. The Morgan fingerprint density at radius 2 is 2.11 bits per heavy atom. The van der Waals surface area contributed by atoms with Crippen LogP contribution in [0.3, 0.4) is 0 Å². The summed E-state index contributed by atoms with van der Waals surface area (Å²) >= 11 is 6.20. The van der Waals surface area contributed by atoms with Crippen LogP contribution < -0.4 is 9.80 Å². The van der Waals surface area contributed by atoms with E-state index in [1.54, 1.807) is 7.05 Å². The molecule has 0 atom stereocenters. The van der Waals surface area contributed by atoms with Crippen LogP contribution in [0.15, 0.2) is 0 Å². The highest BCUT2D eigenvalue weighted by Gasteiger charge is 2.19. The third-order valence-corrected chi connectivity index (χ3v) is 3.38. The van der Waals surface area contributed by atoms with E-state index < -0.39 is 0 Å². The van der Waals surface area contributed by atoms with Crippen LogP contribution in [0.25, 0.3) is 0 Å². The molecule has 0 N–H and O–H groups in total. The van der Waals surface area contributed by atoms with Crippen molar-refractivity contribution in [1.82, 2.24) is 9.97 Å². The van der Waals surface area contributed by atoms with E-state index in [0.717, 1.165) is 25.1 Å². The maximum absolute atomic E-state index is 11.0. The number of aromatic nitrogens is 2. The van der Waals surface area contributed by atoms with Crippen molar-refractivity contribution in [1.29, 1.82) is 0 Å². The largest absolute Gasteiger partial charge is 0.378 e. The molecular weight excluding hydrogens is 268 g/mol. The van der Waals surface area contributed by atoms with Crippen LogP contribution in [-0.4, -0.2) is 49.7 Å². The van der Waals surface area contributed by atoms with Gasteiger partial charge < -0.3 is 14.5 Å². The fourth-order valence-electron chi connectivity index (χ4n) is 1.99. The Labute approximate surface area is 117 Å². The van der Waals surface area contributed by atoms with Crippen molar-refractivity contribution < 1.29 is 9.53 Å². The van der Waals surface area contributed by atoms with Gasteiger partial charge in [0.2, 0.25) is 12.4 Å². The average molecular weight is 285 g/mol. The summed E-state index contributed by atoms with van der Waals surface area (Å²) in [6, 6.07) is 0. The number of amides is 1. The summed E-state index contributed by atoms with van der Waals surface area (Å²) in [5.41, 5.74) is 0.785. The van der Waals surface area contributed by atoms with Crippen LogP contribution in [-0.2, 0) is 16.0 Å². The molecule has 1 aromatic heterocycles. The zero-order valence-electron chi connectivity index (χ0n) is 11.1. The second-order valence-electron chi connectivity index (χ2n) is 4.29. The summed E-state index contributed by atoms with van der Waals surface area (Å²) in [4.78, 5) is 23.2. The molecule has 2 rings (SSSR count). The highest BCUT2D eigenvalue weighted by Crippen LogP contribution is 2.27. The van der Waals surface area contributed by atoms with Gasteiger partial charge >= 0.3 is 0 Å². The van der Waals surface area contributed by atoms with Gasteiger partial charge in [0.15, 0.2) is 0 Å². The SMILES string of the molecule is CCc1c(Cl)nc(N2CCOCC2)nc1N(C)C=O. The highest BCUT2D eigenvalue weighted by atomic mass is 35.5. The molecule has 1 aliphatic heterocycles. The Kier molecular flexibility index (Phi) is 4.55. The molecule has 6 nitrogen and oxygen atoms in total. The first-order valence-corrected chi connectivity index (χ1v) is 6.62. The van der Waals surface area contributed by atoms with Gasteiger partial charge in [-0.3, -0.25) is 4.79 Å². The summed E-state index contributed by atoms with van der Waals surface area (Å²) in [6.07, 6.45) is 1.40. The third kappa shape index (κ3) is 2.96. The molecule has 0 spiro atoms. The number of hydrogen-bond acceptors (Lipinski definition) is 5. The average Bonchev–Trinajstić information content (AvgIpc) is 2.46. The first-order chi connectivity index (χ1) is 9.17. The number of halogens is 1. The molecule has 0 unspecified atom stereocenters. The van der Waals surface area contributed by atoms with Gasteiger partial charge in [0.25, 0.3) is 0 Å². The van der Waals surface area contributed by atoms with Crippen LogP contribution in [0.4, 0.5) is 11.8 Å². The zero-order chi connectivity index (χ0) is 13.8. The lowest BCUT2D eigenvalue weighted by atomic mass is 10.2. The number of carbonyl (C=O) groups excluding carboxylic acids is 1. The van der Waals surface area contributed by atoms with Gasteiger partial charge in [0.05, 0.1) is 13.2 Å².